The Morgan fingerprint density at radius 3 is 3.00 bits per heavy atom. The van der Waals surface area contributed by atoms with E-state index in [2.05, 4.69) is 29.8 Å². The standard InChI is InChI=1S/C16H23N3O/c1-3-19-14-7-5-4-6-13(14)18-15(19)10-16(20)8-9-17-11-12(16)2/h4-7,12,17,20H,3,8-11H2,1-2H3. The third kappa shape index (κ3) is 2.23. The molecule has 0 amide bonds. The molecule has 108 valence electrons. The van der Waals surface area contributed by atoms with Crippen LogP contribution in [0.15, 0.2) is 24.3 Å². The van der Waals surface area contributed by atoms with Crippen LogP contribution in [0.2, 0.25) is 0 Å². The summed E-state index contributed by atoms with van der Waals surface area (Å²) in [6, 6.07) is 8.20. The minimum absolute atomic E-state index is 0.251. The van der Waals surface area contributed by atoms with Crippen molar-refractivity contribution in [2.45, 2.75) is 38.8 Å². The molecule has 2 N–H and O–H groups in total. The average molecular weight is 273 g/mol. The maximum absolute atomic E-state index is 10.9. The highest BCUT2D eigenvalue weighted by Gasteiger charge is 2.37. The zero-order chi connectivity index (χ0) is 14.2. The number of rotatable bonds is 3. The number of nitrogens with zero attached hydrogens (tertiary/aromatic N) is 2. The molecule has 0 spiro atoms. The second-order valence-electron chi connectivity index (χ2n) is 5.90. The molecule has 0 radical (unpaired) electrons. The Balaban J connectivity index is 1.97. The van der Waals surface area contributed by atoms with Gasteiger partial charge < -0.3 is 15.0 Å². The predicted octanol–water partition coefficient (Wildman–Crippen LogP) is 1.96. The van der Waals surface area contributed by atoms with Gasteiger partial charge in [-0.15, -0.1) is 0 Å². The predicted molar refractivity (Wildman–Crippen MR) is 80.7 cm³/mol. The van der Waals surface area contributed by atoms with E-state index in [1.54, 1.807) is 0 Å². The van der Waals surface area contributed by atoms with Gasteiger partial charge in [0, 0.05) is 19.5 Å². The lowest BCUT2D eigenvalue weighted by Crippen LogP contribution is -2.50. The van der Waals surface area contributed by atoms with Gasteiger partial charge in [-0.3, -0.25) is 0 Å². The van der Waals surface area contributed by atoms with Gasteiger partial charge in [-0.05, 0) is 37.9 Å². The topological polar surface area (TPSA) is 50.1 Å². The first kappa shape index (κ1) is 13.6. The van der Waals surface area contributed by atoms with Gasteiger partial charge in [-0.25, -0.2) is 4.98 Å². The summed E-state index contributed by atoms with van der Waals surface area (Å²) in [6.45, 7) is 6.90. The highest BCUT2D eigenvalue weighted by Crippen LogP contribution is 2.29. The van der Waals surface area contributed by atoms with Crippen LogP contribution < -0.4 is 5.32 Å². The van der Waals surface area contributed by atoms with Gasteiger partial charge in [0.2, 0.25) is 0 Å². The molecule has 1 aromatic carbocycles. The summed E-state index contributed by atoms with van der Waals surface area (Å²) in [6.07, 6.45) is 1.43. The van der Waals surface area contributed by atoms with E-state index in [9.17, 15) is 5.11 Å². The van der Waals surface area contributed by atoms with Crippen LogP contribution in [0.5, 0.6) is 0 Å². The van der Waals surface area contributed by atoms with E-state index in [-0.39, 0.29) is 5.92 Å². The second-order valence-corrected chi connectivity index (χ2v) is 5.90. The molecule has 2 unspecified atom stereocenters. The van der Waals surface area contributed by atoms with E-state index in [1.165, 1.54) is 0 Å². The Morgan fingerprint density at radius 1 is 1.45 bits per heavy atom. The summed E-state index contributed by atoms with van der Waals surface area (Å²) in [4.78, 5) is 4.74. The monoisotopic (exact) mass is 273 g/mol. The Labute approximate surface area is 119 Å². The fourth-order valence-corrected chi connectivity index (χ4v) is 3.21. The molecule has 0 bridgehead atoms. The third-order valence-corrected chi connectivity index (χ3v) is 4.62. The maximum atomic E-state index is 10.9. The van der Waals surface area contributed by atoms with Crippen LogP contribution in [-0.4, -0.2) is 33.3 Å². The van der Waals surface area contributed by atoms with Gasteiger partial charge in [0.1, 0.15) is 5.82 Å². The van der Waals surface area contributed by atoms with E-state index in [4.69, 9.17) is 4.98 Å². The van der Waals surface area contributed by atoms with E-state index in [0.29, 0.717) is 6.42 Å². The van der Waals surface area contributed by atoms with Crippen LogP contribution in [-0.2, 0) is 13.0 Å². The summed E-state index contributed by atoms with van der Waals surface area (Å²) in [5.74, 6) is 1.26. The molecule has 1 saturated heterocycles. The average Bonchev–Trinajstić information content (AvgIpc) is 2.79. The summed E-state index contributed by atoms with van der Waals surface area (Å²) >= 11 is 0. The number of hydrogen-bond acceptors (Lipinski definition) is 3. The third-order valence-electron chi connectivity index (χ3n) is 4.62. The molecule has 0 saturated carbocycles. The number of nitrogens with one attached hydrogen (secondary N) is 1. The van der Waals surface area contributed by atoms with Gasteiger partial charge in [0.15, 0.2) is 0 Å². The maximum Gasteiger partial charge on any atom is 0.112 e. The summed E-state index contributed by atoms with van der Waals surface area (Å²) in [5, 5.41) is 14.3. The number of para-hydroxylation sites is 2. The number of imidazole rings is 1. The van der Waals surface area contributed by atoms with Crippen LogP contribution in [0.3, 0.4) is 0 Å². The fourth-order valence-electron chi connectivity index (χ4n) is 3.21. The number of aromatic nitrogens is 2. The smallest absolute Gasteiger partial charge is 0.112 e. The molecular formula is C16H23N3O. The quantitative estimate of drug-likeness (QED) is 0.899. The largest absolute Gasteiger partial charge is 0.389 e. The van der Waals surface area contributed by atoms with Crippen molar-refractivity contribution in [3.63, 3.8) is 0 Å². The zero-order valence-electron chi connectivity index (χ0n) is 12.3. The minimum Gasteiger partial charge on any atom is -0.389 e. The van der Waals surface area contributed by atoms with Gasteiger partial charge in [0.25, 0.3) is 0 Å². The number of aryl methyl sites for hydroxylation is 1. The van der Waals surface area contributed by atoms with Gasteiger partial charge in [0.05, 0.1) is 16.6 Å². The van der Waals surface area contributed by atoms with Crippen LogP contribution in [0.4, 0.5) is 0 Å². The summed E-state index contributed by atoms with van der Waals surface area (Å²) in [5.41, 5.74) is 1.55. The number of hydrogen-bond donors (Lipinski definition) is 2. The molecule has 1 aliphatic rings. The highest BCUT2D eigenvalue weighted by molar-refractivity contribution is 5.75. The Morgan fingerprint density at radius 2 is 2.25 bits per heavy atom. The second kappa shape index (κ2) is 5.19. The van der Waals surface area contributed by atoms with Crippen molar-refractivity contribution in [2.24, 2.45) is 5.92 Å². The number of benzene rings is 1. The lowest BCUT2D eigenvalue weighted by molar-refractivity contribution is -0.0349. The first-order chi connectivity index (χ1) is 9.64. The molecule has 20 heavy (non-hydrogen) atoms. The van der Waals surface area contributed by atoms with Crippen molar-refractivity contribution in [3.8, 4) is 0 Å². The minimum atomic E-state index is -0.639. The first-order valence-electron chi connectivity index (χ1n) is 7.51. The van der Waals surface area contributed by atoms with Crippen LogP contribution in [0.1, 0.15) is 26.1 Å². The number of piperidine rings is 1. The molecule has 4 nitrogen and oxygen atoms in total. The van der Waals surface area contributed by atoms with Crippen LogP contribution in [0, 0.1) is 5.92 Å². The molecule has 3 rings (SSSR count). The van der Waals surface area contributed by atoms with Crippen LogP contribution in [0.25, 0.3) is 11.0 Å². The molecule has 2 atom stereocenters. The molecule has 1 fully saturated rings. The van der Waals surface area contributed by atoms with Crippen LogP contribution >= 0.6 is 0 Å². The normalized spacial score (nSPS) is 27.1. The highest BCUT2D eigenvalue weighted by atomic mass is 16.3. The Hall–Kier alpha value is -1.39. The van der Waals surface area contributed by atoms with Crippen molar-refractivity contribution < 1.29 is 5.11 Å². The molecule has 2 heterocycles. The van der Waals surface area contributed by atoms with Crippen molar-refractivity contribution in [1.82, 2.24) is 14.9 Å². The molecule has 0 aliphatic carbocycles. The fraction of sp³-hybridized carbons (Fsp3) is 0.562. The first-order valence-corrected chi connectivity index (χ1v) is 7.51. The number of aliphatic hydroxyl groups is 1. The Bertz CT molecular complexity index is 607. The summed E-state index contributed by atoms with van der Waals surface area (Å²) in [7, 11) is 0. The summed E-state index contributed by atoms with van der Waals surface area (Å²) < 4.78 is 2.22. The molecule has 1 aliphatic heterocycles. The van der Waals surface area contributed by atoms with E-state index < -0.39 is 5.60 Å². The molecule has 2 aromatic rings. The van der Waals surface area contributed by atoms with E-state index >= 15 is 0 Å². The SMILES string of the molecule is CCn1c(CC2(O)CCNCC2C)nc2ccccc21. The van der Waals surface area contributed by atoms with Gasteiger partial charge >= 0.3 is 0 Å². The zero-order valence-corrected chi connectivity index (χ0v) is 12.3. The van der Waals surface area contributed by atoms with Gasteiger partial charge in [-0.1, -0.05) is 19.1 Å². The molecule has 4 heteroatoms. The lowest BCUT2D eigenvalue weighted by atomic mass is 9.80. The van der Waals surface area contributed by atoms with E-state index in [0.717, 1.165) is 42.9 Å². The van der Waals surface area contributed by atoms with Gasteiger partial charge in [-0.2, -0.15) is 0 Å². The van der Waals surface area contributed by atoms with Crippen molar-refractivity contribution in [3.05, 3.63) is 30.1 Å². The van der Waals surface area contributed by atoms with E-state index in [1.807, 2.05) is 18.2 Å². The molecule has 1 aromatic heterocycles. The molecular weight excluding hydrogens is 250 g/mol. The lowest BCUT2D eigenvalue weighted by Gasteiger charge is -2.38. The van der Waals surface area contributed by atoms with Crippen molar-refractivity contribution in [1.29, 1.82) is 0 Å². The number of fused-ring (bicyclic) bond motifs is 1. The van der Waals surface area contributed by atoms with Crippen molar-refractivity contribution >= 4 is 11.0 Å². The van der Waals surface area contributed by atoms with Crippen molar-refractivity contribution in [2.75, 3.05) is 13.1 Å². The Kier molecular flexibility index (Phi) is 3.52.